The van der Waals surface area contributed by atoms with Crippen molar-refractivity contribution in [3.05, 3.63) is 35.8 Å². The fourth-order valence-electron chi connectivity index (χ4n) is 4.29. The highest BCUT2D eigenvalue weighted by Crippen LogP contribution is 2.24. The minimum atomic E-state index is 0. The fourth-order valence-corrected chi connectivity index (χ4v) is 4.29. The zero-order chi connectivity index (χ0) is 19.9. The van der Waals surface area contributed by atoms with Gasteiger partial charge >= 0.3 is 0 Å². The smallest absolute Gasteiger partial charge is 0.191 e. The van der Waals surface area contributed by atoms with Gasteiger partial charge in [0.15, 0.2) is 11.8 Å². The van der Waals surface area contributed by atoms with Gasteiger partial charge in [-0.15, -0.1) is 34.2 Å². The van der Waals surface area contributed by atoms with Crippen LogP contribution < -0.4 is 10.6 Å². The lowest BCUT2D eigenvalue weighted by Crippen LogP contribution is -2.42. The van der Waals surface area contributed by atoms with Gasteiger partial charge < -0.3 is 19.6 Å². The first-order valence-corrected chi connectivity index (χ1v) is 11.1. The number of rotatable bonds is 7. The summed E-state index contributed by atoms with van der Waals surface area (Å²) in [7, 11) is 0. The van der Waals surface area contributed by atoms with Crippen molar-refractivity contribution < 1.29 is 4.42 Å². The van der Waals surface area contributed by atoms with Crippen molar-refractivity contribution in [2.24, 2.45) is 4.99 Å². The Morgan fingerprint density at radius 3 is 2.73 bits per heavy atom. The van der Waals surface area contributed by atoms with E-state index in [9.17, 15) is 0 Å². The molecule has 2 aliphatic heterocycles. The maximum atomic E-state index is 5.73. The summed E-state index contributed by atoms with van der Waals surface area (Å²) in [4.78, 5) is 7.29. The highest BCUT2D eigenvalue weighted by Gasteiger charge is 2.25. The van der Waals surface area contributed by atoms with E-state index in [0.717, 1.165) is 62.5 Å². The second kappa shape index (κ2) is 11.7. The normalized spacial score (nSPS) is 18.4. The molecule has 2 aromatic rings. The fraction of sp³-hybridized carbons (Fsp3) is 0.667. The second-order valence-electron chi connectivity index (χ2n) is 7.85. The number of aryl methyl sites for hydroxylation is 1. The molecular weight excluding hydrogens is 493 g/mol. The van der Waals surface area contributed by atoms with Crippen LogP contribution in [0, 0.1) is 0 Å². The molecule has 2 aromatic heterocycles. The number of likely N-dealkylation sites (tertiary alicyclic amines) is 1. The third-order valence-electron chi connectivity index (χ3n) is 5.82. The molecule has 30 heavy (non-hydrogen) atoms. The maximum Gasteiger partial charge on any atom is 0.191 e. The Bertz CT molecular complexity index is 783. The van der Waals surface area contributed by atoms with E-state index >= 15 is 0 Å². The van der Waals surface area contributed by atoms with Crippen LogP contribution in [0.5, 0.6) is 0 Å². The molecule has 1 saturated heterocycles. The van der Waals surface area contributed by atoms with Crippen molar-refractivity contribution >= 4 is 29.9 Å². The SMILES string of the molecule is CCNC(=NCc1nnc2n1CCCCC2)NCC(c1ccco1)N1CCCC1.I. The highest BCUT2D eigenvalue weighted by atomic mass is 127. The largest absolute Gasteiger partial charge is 0.468 e. The zero-order valence-corrected chi connectivity index (χ0v) is 20.2. The van der Waals surface area contributed by atoms with Crippen molar-refractivity contribution in [2.45, 2.75) is 64.6 Å². The maximum absolute atomic E-state index is 5.73. The van der Waals surface area contributed by atoms with Crippen molar-refractivity contribution in [2.75, 3.05) is 26.2 Å². The van der Waals surface area contributed by atoms with Crippen LogP contribution in [-0.4, -0.2) is 51.8 Å². The molecule has 1 unspecified atom stereocenters. The highest BCUT2D eigenvalue weighted by molar-refractivity contribution is 14.0. The predicted molar refractivity (Wildman–Crippen MR) is 128 cm³/mol. The van der Waals surface area contributed by atoms with Gasteiger partial charge in [-0.1, -0.05) is 6.42 Å². The van der Waals surface area contributed by atoms with Crippen molar-refractivity contribution in [3.8, 4) is 0 Å². The number of nitrogens with zero attached hydrogens (tertiary/aromatic N) is 5. The topological polar surface area (TPSA) is 83.5 Å². The molecule has 0 aromatic carbocycles. The van der Waals surface area contributed by atoms with E-state index in [4.69, 9.17) is 9.41 Å². The summed E-state index contributed by atoms with van der Waals surface area (Å²) in [5.41, 5.74) is 0. The van der Waals surface area contributed by atoms with Crippen molar-refractivity contribution in [3.63, 3.8) is 0 Å². The Kier molecular flexibility index (Phi) is 8.98. The summed E-state index contributed by atoms with van der Waals surface area (Å²) in [6.07, 6.45) is 8.95. The summed E-state index contributed by atoms with van der Waals surface area (Å²) in [5.74, 6) is 3.89. The van der Waals surface area contributed by atoms with Gasteiger partial charge in [0, 0.05) is 26.1 Å². The number of aliphatic imine (C=N–C) groups is 1. The van der Waals surface area contributed by atoms with Gasteiger partial charge in [-0.25, -0.2) is 4.99 Å². The van der Waals surface area contributed by atoms with Gasteiger partial charge in [0.25, 0.3) is 0 Å². The first kappa shape index (κ1) is 23.1. The molecule has 0 amide bonds. The summed E-state index contributed by atoms with van der Waals surface area (Å²) >= 11 is 0. The molecule has 4 heterocycles. The van der Waals surface area contributed by atoms with Crippen LogP contribution in [0.4, 0.5) is 0 Å². The van der Waals surface area contributed by atoms with Gasteiger partial charge in [-0.2, -0.15) is 0 Å². The molecular formula is C21H34IN7O. The molecule has 8 nitrogen and oxygen atoms in total. The number of aromatic nitrogens is 3. The Hall–Kier alpha value is -1.62. The number of hydrogen-bond donors (Lipinski definition) is 2. The molecule has 9 heteroatoms. The zero-order valence-electron chi connectivity index (χ0n) is 17.8. The molecule has 0 bridgehead atoms. The molecule has 4 rings (SSSR count). The average molecular weight is 527 g/mol. The molecule has 166 valence electrons. The monoisotopic (exact) mass is 527 g/mol. The van der Waals surface area contributed by atoms with Crippen LogP contribution in [0.1, 0.15) is 62.5 Å². The number of furan rings is 1. The van der Waals surface area contributed by atoms with E-state index in [1.54, 1.807) is 6.26 Å². The molecule has 2 aliphatic rings. The third kappa shape index (κ3) is 5.75. The molecule has 1 atom stereocenters. The van der Waals surface area contributed by atoms with E-state index in [0.29, 0.717) is 6.54 Å². The predicted octanol–water partition coefficient (Wildman–Crippen LogP) is 3.11. The van der Waals surface area contributed by atoms with Gasteiger partial charge in [0.1, 0.15) is 18.1 Å². The van der Waals surface area contributed by atoms with Gasteiger partial charge in [0.05, 0.1) is 12.3 Å². The minimum absolute atomic E-state index is 0. The second-order valence-corrected chi connectivity index (χ2v) is 7.85. The number of fused-ring (bicyclic) bond motifs is 1. The Morgan fingerprint density at radius 2 is 1.97 bits per heavy atom. The number of halogens is 1. The van der Waals surface area contributed by atoms with Crippen LogP contribution >= 0.6 is 24.0 Å². The molecule has 0 spiro atoms. The summed E-state index contributed by atoms with van der Waals surface area (Å²) in [6, 6.07) is 4.26. The van der Waals surface area contributed by atoms with Crippen LogP contribution in [0.15, 0.2) is 27.8 Å². The first-order chi connectivity index (χ1) is 14.3. The van der Waals surface area contributed by atoms with Crippen LogP contribution in [0.2, 0.25) is 0 Å². The van der Waals surface area contributed by atoms with E-state index in [-0.39, 0.29) is 30.0 Å². The lowest BCUT2D eigenvalue weighted by Gasteiger charge is -2.26. The first-order valence-electron chi connectivity index (χ1n) is 11.1. The Balaban J connectivity index is 0.00000256. The lowest BCUT2D eigenvalue weighted by atomic mass is 10.2. The van der Waals surface area contributed by atoms with Gasteiger partial charge in [-0.05, 0) is 57.8 Å². The Morgan fingerprint density at radius 1 is 1.13 bits per heavy atom. The summed E-state index contributed by atoms with van der Waals surface area (Å²) in [6.45, 7) is 7.45. The standard InChI is InChI=1S/C21H33N7O.HI/c1-2-22-21(24-16-20-26-25-19-10-4-3-5-13-28(19)20)23-15-17(18-9-8-14-29-18)27-11-6-7-12-27;/h8-9,14,17H,2-7,10-13,15-16H2,1H3,(H2,22,23,24);1H. The summed E-state index contributed by atoms with van der Waals surface area (Å²) in [5, 5.41) is 15.7. The molecule has 0 radical (unpaired) electrons. The summed E-state index contributed by atoms with van der Waals surface area (Å²) < 4.78 is 7.99. The third-order valence-corrected chi connectivity index (χ3v) is 5.82. The quantitative estimate of drug-likeness (QED) is 0.327. The minimum Gasteiger partial charge on any atom is -0.468 e. The average Bonchev–Trinajstić information content (AvgIpc) is 3.48. The molecule has 2 N–H and O–H groups in total. The van der Waals surface area contributed by atoms with Crippen molar-refractivity contribution in [1.82, 2.24) is 30.3 Å². The lowest BCUT2D eigenvalue weighted by molar-refractivity contribution is 0.215. The van der Waals surface area contributed by atoms with Crippen molar-refractivity contribution in [1.29, 1.82) is 0 Å². The van der Waals surface area contributed by atoms with E-state index in [1.165, 1.54) is 32.1 Å². The van der Waals surface area contributed by atoms with Crippen LogP contribution in [0.25, 0.3) is 0 Å². The van der Waals surface area contributed by atoms with Gasteiger partial charge in [-0.3, -0.25) is 4.90 Å². The number of guanidine groups is 1. The molecule has 0 aliphatic carbocycles. The molecule has 0 saturated carbocycles. The number of nitrogens with one attached hydrogen (secondary N) is 2. The molecule has 1 fully saturated rings. The van der Waals surface area contributed by atoms with Crippen LogP contribution in [-0.2, 0) is 19.5 Å². The van der Waals surface area contributed by atoms with E-state index in [1.807, 2.05) is 6.07 Å². The van der Waals surface area contributed by atoms with Gasteiger partial charge in [0.2, 0.25) is 0 Å². The Labute approximate surface area is 195 Å². The van der Waals surface area contributed by atoms with E-state index in [2.05, 4.69) is 43.3 Å². The van der Waals surface area contributed by atoms with Crippen LogP contribution in [0.3, 0.4) is 0 Å². The van der Waals surface area contributed by atoms with E-state index < -0.39 is 0 Å². The number of hydrogen-bond acceptors (Lipinski definition) is 5.